The van der Waals surface area contributed by atoms with Gasteiger partial charge in [0.25, 0.3) is 0 Å². The molecular weight excluding hydrogens is 283 g/mol. The first-order chi connectivity index (χ1) is 8.09. The van der Waals surface area contributed by atoms with E-state index < -0.39 is 21.3 Å². The maximum atomic E-state index is 10.3. The van der Waals surface area contributed by atoms with Gasteiger partial charge < -0.3 is 0 Å². The molecule has 0 aliphatic heterocycles. The van der Waals surface area contributed by atoms with E-state index in [1.54, 1.807) is 12.1 Å². The zero-order valence-corrected chi connectivity index (χ0v) is 11.4. The van der Waals surface area contributed by atoms with Crippen LogP contribution in [0.1, 0.15) is 31.2 Å². The van der Waals surface area contributed by atoms with E-state index in [9.17, 15) is 4.79 Å². The number of hydrogen-bond acceptors (Lipinski definition) is 3. The number of carbonyl (C=O) groups is 1. The number of aliphatic carboxylic acids is 1. The van der Waals surface area contributed by atoms with E-state index in [1.807, 2.05) is 12.1 Å². The Balaban J connectivity index is 2.25. The van der Waals surface area contributed by atoms with Gasteiger partial charge in [0.2, 0.25) is 0 Å². The van der Waals surface area contributed by atoms with Gasteiger partial charge in [0, 0.05) is 0 Å². The van der Waals surface area contributed by atoms with Crippen molar-refractivity contribution in [3.8, 4) is 0 Å². The summed E-state index contributed by atoms with van der Waals surface area (Å²) in [6.07, 6.45) is 3.74. The van der Waals surface area contributed by atoms with Crippen LogP contribution < -0.4 is 4.35 Å². The summed E-state index contributed by atoms with van der Waals surface area (Å²) in [5.41, 5.74) is 1.15. The fourth-order valence-corrected chi connectivity index (χ4v) is 2.45. The van der Waals surface area contributed by atoms with Gasteiger partial charge in [-0.1, -0.05) is 0 Å². The number of benzene rings is 1. The van der Waals surface area contributed by atoms with Crippen molar-refractivity contribution in [3.63, 3.8) is 0 Å². The van der Waals surface area contributed by atoms with Crippen LogP contribution >= 0.6 is 0 Å². The van der Waals surface area contributed by atoms with Crippen molar-refractivity contribution in [2.45, 2.75) is 32.1 Å². The van der Waals surface area contributed by atoms with Crippen molar-refractivity contribution in [2.24, 2.45) is 0 Å². The molecule has 0 bridgehead atoms. The van der Waals surface area contributed by atoms with Gasteiger partial charge in [-0.25, -0.2) is 0 Å². The summed E-state index contributed by atoms with van der Waals surface area (Å²) in [5, 5.41) is 8.47. The Bertz CT molecular complexity index is 348. The van der Waals surface area contributed by atoms with Crippen molar-refractivity contribution >= 4 is 25.7 Å². The topological polar surface area (TPSA) is 77.8 Å². The summed E-state index contributed by atoms with van der Waals surface area (Å²) in [7, 11) is 0. The van der Waals surface area contributed by atoms with Crippen LogP contribution in [0.2, 0.25) is 0 Å². The quantitative estimate of drug-likeness (QED) is 0.508. The zero-order valence-electron chi connectivity index (χ0n) is 9.54. The summed E-state index contributed by atoms with van der Waals surface area (Å²) >= 11 is -2.73. The molecule has 0 amide bonds. The molecule has 0 atom stereocenters. The predicted octanol–water partition coefficient (Wildman–Crippen LogP) is 0.554. The number of hydrogen-bond donors (Lipinski definition) is 3. The van der Waals surface area contributed by atoms with E-state index in [0.717, 1.165) is 31.2 Å². The van der Waals surface area contributed by atoms with Crippen LogP contribution in [-0.2, 0) is 11.2 Å². The second-order valence-corrected chi connectivity index (χ2v) is 6.21. The molecule has 0 aliphatic carbocycles. The van der Waals surface area contributed by atoms with Crippen LogP contribution in [0.15, 0.2) is 24.3 Å². The predicted molar refractivity (Wildman–Crippen MR) is 66.1 cm³/mol. The van der Waals surface area contributed by atoms with Gasteiger partial charge >= 0.3 is 106 Å². The van der Waals surface area contributed by atoms with Crippen molar-refractivity contribution in [1.82, 2.24) is 0 Å². The first kappa shape index (κ1) is 14.2. The Labute approximate surface area is 106 Å². The van der Waals surface area contributed by atoms with Crippen molar-refractivity contribution < 1.29 is 18.1 Å². The molecule has 3 N–H and O–H groups in total. The number of carboxylic acids is 1. The van der Waals surface area contributed by atoms with Gasteiger partial charge in [0.05, 0.1) is 0 Å². The monoisotopic (exact) mass is 300 g/mol. The normalized spacial score (nSPS) is 10.8. The van der Waals surface area contributed by atoms with E-state index in [2.05, 4.69) is 0 Å². The van der Waals surface area contributed by atoms with Crippen LogP contribution in [0.5, 0.6) is 0 Å². The summed E-state index contributed by atoms with van der Waals surface area (Å²) in [6, 6.07) is 7.32. The first-order valence-electron chi connectivity index (χ1n) is 5.58. The van der Waals surface area contributed by atoms with Gasteiger partial charge in [0.1, 0.15) is 0 Å². The number of rotatable bonds is 7. The number of carboxylic acid groups (broad SMARTS) is 1. The molecular formula is C12H17AsO4. The Morgan fingerprint density at radius 1 is 1.06 bits per heavy atom. The molecule has 17 heavy (non-hydrogen) atoms. The van der Waals surface area contributed by atoms with Crippen molar-refractivity contribution in [3.05, 3.63) is 29.8 Å². The molecule has 0 aromatic heterocycles. The van der Waals surface area contributed by atoms with E-state index in [-0.39, 0.29) is 6.42 Å². The summed E-state index contributed by atoms with van der Waals surface area (Å²) in [5.74, 6) is -0.739. The Hall–Kier alpha value is -0.832. The van der Waals surface area contributed by atoms with Crippen LogP contribution in [0.25, 0.3) is 0 Å². The van der Waals surface area contributed by atoms with Gasteiger partial charge in [-0.2, -0.15) is 0 Å². The standard InChI is InChI=1S/C12H17AsO4/c14-12(15)5-3-1-2-4-10-6-8-11(9-7-10)13(16)17/h6-9,16-17H,1-5H2,(H,14,15). The first-order valence-corrected chi connectivity index (χ1v) is 8.20. The SMILES string of the molecule is O=C(O)CCCCCc1ccc([As](O)O)cc1. The summed E-state index contributed by atoms with van der Waals surface area (Å²) < 4.78 is 18.7. The van der Waals surface area contributed by atoms with Gasteiger partial charge in [-0.15, -0.1) is 0 Å². The van der Waals surface area contributed by atoms with Gasteiger partial charge in [-0.3, -0.25) is 0 Å². The van der Waals surface area contributed by atoms with Gasteiger partial charge in [-0.05, 0) is 0 Å². The van der Waals surface area contributed by atoms with E-state index in [1.165, 1.54) is 0 Å². The fourth-order valence-electron chi connectivity index (χ4n) is 1.58. The molecule has 4 nitrogen and oxygen atoms in total. The average molecular weight is 300 g/mol. The molecule has 0 saturated heterocycles. The second-order valence-electron chi connectivity index (χ2n) is 3.91. The zero-order chi connectivity index (χ0) is 12.7. The molecule has 1 aromatic carbocycles. The third kappa shape index (κ3) is 5.87. The Morgan fingerprint density at radius 2 is 1.71 bits per heavy atom. The van der Waals surface area contributed by atoms with E-state index in [4.69, 9.17) is 13.3 Å². The summed E-state index contributed by atoms with van der Waals surface area (Å²) in [6.45, 7) is 0. The molecule has 94 valence electrons. The molecule has 0 aliphatic rings. The Kier molecular flexibility index (Phi) is 6.27. The van der Waals surface area contributed by atoms with Crippen LogP contribution in [0.4, 0.5) is 0 Å². The third-order valence-corrected chi connectivity index (χ3v) is 4.12. The summed E-state index contributed by atoms with van der Waals surface area (Å²) in [4.78, 5) is 10.3. The molecule has 0 radical (unpaired) electrons. The minimum atomic E-state index is -2.73. The molecule has 0 fully saturated rings. The van der Waals surface area contributed by atoms with Crippen LogP contribution in [0, 0.1) is 0 Å². The van der Waals surface area contributed by atoms with Crippen molar-refractivity contribution in [2.75, 3.05) is 0 Å². The molecule has 5 heteroatoms. The third-order valence-electron chi connectivity index (χ3n) is 2.52. The average Bonchev–Trinajstić information content (AvgIpc) is 2.29. The molecule has 0 spiro atoms. The fraction of sp³-hybridized carbons (Fsp3) is 0.417. The maximum absolute atomic E-state index is 10.3. The number of aryl methyl sites for hydroxylation is 1. The minimum absolute atomic E-state index is 0.238. The Morgan fingerprint density at radius 3 is 2.24 bits per heavy atom. The van der Waals surface area contributed by atoms with Crippen LogP contribution in [0.3, 0.4) is 0 Å². The molecule has 0 unspecified atom stereocenters. The second kappa shape index (κ2) is 7.49. The molecule has 0 saturated carbocycles. The van der Waals surface area contributed by atoms with Crippen LogP contribution in [-0.4, -0.2) is 34.6 Å². The molecule has 0 heterocycles. The molecule has 1 rings (SSSR count). The van der Waals surface area contributed by atoms with E-state index >= 15 is 0 Å². The van der Waals surface area contributed by atoms with E-state index in [0.29, 0.717) is 4.35 Å². The number of unbranched alkanes of at least 4 members (excludes halogenated alkanes) is 2. The van der Waals surface area contributed by atoms with Gasteiger partial charge in [0.15, 0.2) is 0 Å². The van der Waals surface area contributed by atoms with Crippen molar-refractivity contribution in [1.29, 1.82) is 0 Å². The molecule has 1 aromatic rings.